The van der Waals surface area contributed by atoms with Crippen molar-refractivity contribution in [2.75, 3.05) is 6.61 Å². The number of aliphatic hydroxyl groups is 2. The Labute approximate surface area is 99.2 Å². The number of nitro groups is 2. The van der Waals surface area contributed by atoms with E-state index in [-0.39, 0.29) is 4.90 Å². The molecule has 0 amide bonds. The molecule has 0 aromatic heterocycles. The number of hydrogen-bond acceptors (Lipinski definition) is 7. The van der Waals surface area contributed by atoms with Crippen LogP contribution < -0.4 is 0 Å². The molecule has 0 heterocycles. The van der Waals surface area contributed by atoms with Crippen molar-refractivity contribution in [1.29, 1.82) is 0 Å². The third-order valence-corrected chi connectivity index (χ3v) is 2.79. The maximum absolute atomic E-state index is 10.7. The fourth-order valence-corrected chi connectivity index (χ4v) is 1.81. The first-order chi connectivity index (χ1) is 7.95. The van der Waals surface area contributed by atoms with Gasteiger partial charge in [0.1, 0.15) is 5.44 Å². The van der Waals surface area contributed by atoms with Gasteiger partial charge in [-0.05, 0) is 6.07 Å². The lowest BCUT2D eigenvalue weighted by molar-refractivity contribution is -0.396. The summed E-state index contributed by atoms with van der Waals surface area (Å²) >= 11 is 0.660. The largest absolute Gasteiger partial charge is 0.393 e. The standard InChI is InChI=1S/C8H8N2O6S/c11-4-8(12)17-7-2-1-5(9(13)14)3-6(7)10(15)16/h1-3,8,11-12H,4H2. The van der Waals surface area contributed by atoms with E-state index < -0.39 is 33.3 Å². The van der Waals surface area contributed by atoms with Crippen molar-refractivity contribution in [3.05, 3.63) is 38.4 Å². The predicted molar refractivity (Wildman–Crippen MR) is 58.7 cm³/mol. The summed E-state index contributed by atoms with van der Waals surface area (Å²) in [5.74, 6) is 0. The highest BCUT2D eigenvalue weighted by molar-refractivity contribution is 7.99. The summed E-state index contributed by atoms with van der Waals surface area (Å²) in [5, 5.41) is 38.9. The van der Waals surface area contributed by atoms with E-state index >= 15 is 0 Å². The van der Waals surface area contributed by atoms with Crippen LogP contribution in [0.5, 0.6) is 0 Å². The number of non-ortho nitro benzene ring substituents is 1. The molecule has 0 fully saturated rings. The van der Waals surface area contributed by atoms with Gasteiger partial charge in [-0.1, -0.05) is 11.8 Å². The molecule has 0 aliphatic carbocycles. The maximum atomic E-state index is 10.7. The predicted octanol–water partition coefficient (Wildman–Crippen LogP) is 0.906. The van der Waals surface area contributed by atoms with Crippen LogP contribution >= 0.6 is 11.8 Å². The molecule has 1 unspecified atom stereocenters. The summed E-state index contributed by atoms with van der Waals surface area (Å²) in [6, 6.07) is 3.08. The normalized spacial score (nSPS) is 12.1. The van der Waals surface area contributed by atoms with E-state index in [1.807, 2.05) is 0 Å². The molecule has 1 aromatic rings. The van der Waals surface area contributed by atoms with Crippen LogP contribution in [0, 0.1) is 20.2 Å². The van der Waals surface area contributed by atoms with Crippen LogP contribution in [0.25, 0.3) is 0 Å². The molecule has 0 spiro atoms. The highest BCUT2D eigenvalue weighted by atomic mass is 32.2. The van der Waals surface area contributed by atoms with Gasteiger partial charge in [-0.2, -0.15) is 0 Å². The van der Waals surface area contributed by atoms with Crippen molar-refractivity contribution in [2.45, 2.75) is 10.3 Å². The van der Waals surface area contributed by atoms with Gasteiger partial charge in [-0.15, -0.1) is 0 Å². The van der Waals surface area contributed by atoms with E-state index in [0.29, 0.717) is 11.8 Å². The number of rotatable bonds is 5. The van der Waals surface area contributed by atoms with E-state index in [0.717, 1.165) is 12.1 Å². The summed E-state index contributed by atoms with van der Waals surface area (Å²) in [4.78, 5) is 19.7. The van der Waals surface area contributed by atoms with E-state index in [4.69, 9.17) is 10.2 Å². The first kappa shape index (κ1) is 13.4. The van der Waals surface area contributed by atoms with Crippen LogP contribution in [-0.2, 0) is 0 Å². The van der Waals surface area contributed by atoms with Gasteiger partial charge in [0.15, 0.2) is 0 Å². The van der Waals surface area contributed by atoms with Gasteiger partial charge in [-0.3, -0.25) is 20.2 Å². The summed E-state index contributed by atoms with van der Waals surface area (Å²) in [7, 11) is 0. The molecular weight excluding hydrogens is 252 g/mol. The van der Waals surface area contributed by atoms with Gasteiger partial charge in [-0.25, -0.2) is 0 Å². The zero-order valence-electron chi connectivity index (χ0n) is 8.35. The molecule has 8 nitrogen and oxygen atoms in total. The fraction of sp³-hybridized carbons (Fsp3) is 0.250. The summed E-state index contributed by atoms with van der Waals surface area (Å²) in [5.41, 5.74) is -2.09. The third kappa shape index (κ3) is 3.37. The highest BCUT2D eigenvalue weighted by Gasteiger charge is 2.21. The molecule has 0 saturated heterocycles. The molecule has 1 aromatic carbocycles. The van der Waals surface area contributed by atoms with Crippen molar-refractivity contribution < 1.29 is 20.1 Å². The maximum Gasteiger partial charge on any atom is 0.289 e. The van der Waals surface area contributed by atoms with Gasteiger partial charge < -0.3 is 10.2 Å². The van der Waals surface area contributed by atoms with E-state index in [9.17, 15) is 20.2 Å². The van der Waals surface area contributed by atoms with E-state index in [1.54, 1.807) is 0 Å². The molecule has 92 valence electrons. The van der Waals surface area contributed by atoms with Gasteiger partial charge in [0.2, 0.25) is 0 Å². The monoisotopic (exact) mass is 260 g/mol. The second kappa shape index (κ2) is 5.57. The first-order valence-corrected chi connectivity index (χ1v) is 5.22. The second-order valence-electron chi connectivity index (χ2n) is 2.92. The minimum atomic E-state index is -1.21. The lowest BCUT2D eigenvalue weighted by Gasteiger charge is -2.06. The van der Waals surface area contributed by atoms with E-state index in [2.05, 4.69) is 0 Å². The Morgan fingerprint density at radius 1 is 1.29 bits per heavy atom. The Balaban J connectivity index is 3.13. The van der Waals surface area contributed by atoms with Crippen molar-refractivity contribution in [3.63, 3.8) is 0 Å². The Bertz CT molecular complexity index is 452. The number of aliphatic hydroxyl groups excluding tert-OH is 2. The average molecular weight is 260 g/mol. The number of benzene rings is 1. The average Bonchev–Trinajstić information content (AvgIpc) is 2.28. The number of hydrogen-bond donors (Lipinski definition) is 2. The van der Waals surface area contributed by atoms with Gasteiger partial charge in [0.05, 0.1) is 27.4 Å². The topological polar surface area (TPSA) is 127 Å². The third-order valence-electron chi connectivity index (χ3n) is 1.77. The van der Waals surface area contributed by atoms with Gasteiger partial charge >= 0.3 is 0 Å². The highest BCUT2D eigenvalue weighted by Crippen LogP contribution is 2.33. The molecule has 17 heavy (non-hydrogen) atoms. The van der Waals surface area contributed by atoms with E-state index in [1.165, 1.54) is 6.07 Å². The lowest BCUT2D eigenvalue weighted by Crippen LogP contribution is -2.06. The fourth-order valence-electron chi connectivity index (χ4n) is 1.05. The summed E-state index contributed by atoms with van der Waals surface area (Å²) in [6.45, 7) is -0.571. The van der Waals surface area contributed by atoms with Crippen molar-refractivity contribution in [2.24, 2.45) is 0 Å². The molecule has 1 atom stereocenters. The zero-order chi connectivity index (χ0) is 13.0. The SMILES string of the molecule is O=[N+]([O-])c1ccc(SC(O)CO)c([N+](=O)[O-])c1. The van der Waals surface area contributed by atoms with Crippen LogP contribution in [0.3, 0.4) is 0 Å². The number of nitro benzene ring substituents is 2. The Kier molecular flexibility index (Phi) is 4.37. The summed E-state index contributed by atoms with van der Waals surface area (Å²) < 4.78 is 0. The first-order valence-electron chi connectivity index (χ1n) is 4.34. The number of nitrogens with zero attached hydrogens (tertiary/aromatic N) is 2. The van der Waals surface area contributed by atoms with Crippen molar-refractivity contribution >= 4 is 23.1 Å². The Hall–Kier alpha value is -1.71. The van der Waals surface area contributed by atoms with Crippen LogP contribution in [0.15, 0.2) is 23.1 Å². The molecule has 0 radical (unpaired) electrons. The molecule has 0 saturated carbocycles. The smallest absolute Gasteiger partial charge is 0.289 e. The lowest BCUT2D eigenvalue weighted by atomic mass is 10.3. The molecule has 9 heteroatoms. The van der Waals surface area contributed by atoms with Crippen LogP contribution in [0.2, 0.25) is 0 Å². The van der Waals surface area contributed by atoms with Crippen LogP contribution in [-0.4, -0.2) is 32.1 Å². The molecule has 0 aliphatic heterocycles. The van der Waals surface area contributed by atoms with Crippen LogP contribution in [0.1, 0.15) is 0 Å². The number of thioether (sulfide) groups is 1. The molecule has 0 bridgehead atoms. The Morgan fingerprint density at radius 2 is 1.94 bits per heavy atom. The van der Waals surface area contributed by atoms with Gasteiger partial charge in [0.25, 0.3) is 11.4 Å². The minimum absolute atomic E-state index is 0.0575. The molecule has 1 rings (SSSR count). The Morgan fingerprint density at radius 3 is 2.41 bits per heavy atom. The minimum Gasteiger partial charge on any atom is -0.393 e. The van der Waals surface area contributed by atoms with Crippen molar-refractivity contribution in [3.8, 4) is 0 Å². The summed E-state index contributed by atoms with van der Waals surface area (Å²) in [6.07, 6.45) is 0. The zero-order valence-corrected chi connectivity index (χ0v) is 9.16. The van der Waals surface area contributed by atoms with Gasteiger partial charge in [0, 0.05) is 6.07 Å². The quantitative estimate of drug-likeness (QED) is 0.348. The van der Waals surface area contributed by atoms with Crippen molar-refractivity contribution in [1.82, 2.24) is 0 Å². The second-order valence-corrected chi connectivity index (χ2v) is 4.14. The molecule has 2 N–H and O–H groups in total. The van der Waals surface area contributed by atoms with Crippen LogP contribution in [0.4, 0.5) is 11.4 Å². The molecule has 0 aliphatic rings. The molecular formula is C8H8N2O6S.